The Balaban J connectivity index is 2.62. The minimum Gasteiger partial charge on any atom is -0.223 e. The van der Waals surface area contributed by atoms with E-state index in [1.54, 1.807) is 0 Å². The molecule has 0 amide bonds. The molecule has 0 N–H and O–H groups in total. The summed E-state index contributed by atoms with van der Waals surface area (Å²) in [4.78, 5) is 7.07. The normalized spacial score (nSPS) is 10.5. The van der Waals surface area contributed by atoms with Gasteiger partial charge in [-0.1, -0.05) is 11.6 Å². The van der Waals surface area contributed by atoms with Crippen LogP contribution in [0, 0.1) is 11.6 Å². The van der Waals surface area contributed by atoms with Crippen LogP contribution in [0.3, 0.4) is 0 Å². The van der Waals surface area contributed by atoms with Gasteiger partial charge < -0.3 is 0 Å². The molecule has 0 fully saturated rings. The number of hydrogen-bond donors (Lipinski definition) is 0. The van der Waals surface area contributed by atoms with E-state index < -0.39 is 11.6 Å². The monoisotopic (exact) mass is 260 g/mol. The second-order valence-corrected chi connectivity index (χ2v) is 3.73. The molecule has 0 atom stereocenters. The molecule has 0 unspecified atom stereocenters. The summed E-state index contributed by atoms with van der Waals surface area (Å²) < 4.78 is 26.8. The summed E-state index contributed by atoms with van der Waals surface area (Å²) in [5, 5.41) is 0.0764. The van der Waals surface area contributed by atoms with Crippen molar-refractivity contribution in [2.75, 3.05) is 0 Å². The van der Waals surface area contributed by atoms with Crippen LogP contribution >= 0.6 is 23.2 Å². The molecule has 1 aromatic heterocycles. The first-order chi connectivity index (χ1) is 7.58. The van der Waals surface area contributed by atoms with Gasteiger partial charge in [-0.15, -0.1) is 0 Å². The number of halogens is 4. The van der Waals surface area contributed by atoms with E-state index in [4.69, 9.17) is 23.2 Å². The third-order valence-electron chi connectivity index (χ3n) is 1.90. The van der Waals surface area contributed by atoms with Crippen LogP contribution in [0.1, 0.15) is 0 Å². The number of nitrogens with zero attached hydrogens (tertiary/aromatic N) is 2. The molecule has 0 bridgehead atoms. The van der Waals surface area contributed by atoms with Crippen LogP contribution < -0.4 is 0 Å². The topological polar surface area (TPSA) is 25.8 Å². The molecule has 1 heterocycles. The van der Waals surface area contributed by atoms with Gasteiger partial charge in [-0.25, -0.2) is 18.7 Å². The summed E-state index contributed by atoms with van der Waals surface area (Å²) in [5.74, 6) is -1.41. The van der Waals surface area contributed by atoms with E-state index in [1.165, 1.54) is 12.1 Å². The number of benzene rings is 1. The molecule has 0 aliphatic heterocycles. The lowest BCUT2D eigenvalue weighted by Crippen LogP contribution is -1.94. The molecule has 1 aromatic carbocycles. The van der Waals surface area contributed by atoms with Gasteiger partial charge in [0.15, 0.2) is 5.82 Å². The number of hydrogen-bond acceptors (Lipinski definition) is 2. The highest BCUT2D eigenvalue weighted by molar-refractivity contribution is 6.30. The molecule has 0 aliphatic rings. The van der Waals surface area contributed by atoms with Crippen molar-refractivity contribution in [3.05, 3.63) is 46.3 Å². The first-order valence-corrected chi connectivity index (χ1v) is 4.97. The van der Waals surface area contributed by atoms with Gasteiger partial charge in [0, 0.05) is 10.6 Å². The minimum atomic E-state index is -0.745. The average molecular weight is 261 g/mol. The lowest BCUT2D eigenvalue weighted by Gasteiger charge is -2.04. The van der Waals surface area contributed by atoms with Crippen LogP contribution in [-0.2, 0) is 0 Å². The van der Waals surface area contributed by atoms with Gasteiger partial charge >= 0.3 is 0 Å². The van der Waals surface area contributed by atoms with Crippen molar-refractivity contribution in [2.45, 2.75) is 0 Å². The van der Waals surface area contributed by atoms with Crippen molar-refractivity contribution < 1.29 is 8.78 Å². The Labute approximate surface area is 99.9 Å². The highest BCUT2D eigenvalue weighted by Gasteiger charge is 2.13. The highest BCUT2D eigenvalue weighted by atomic mass is 35.5. The Kier molecular flexibility index (Phi) is 3.03. The van der Waals surface area contributed by atoms with Crippen molar-refractivity contribution >= 4 is 23.2 Å². The summed E-state index contributed by atoms with van der Waals surface area (Å²) in [7, 11) is 0. The van der Waals surface area contributed by atoms with E-state index >= 15 is 0 Å². The predicted octanol–water partition coefficient (Wildman–Crippen LogP) is 3.73. The third kappa shape index (κ3) is 2.13. The van der Waals surface area contributed by atoms with Gasteiger partial charge in [0.25, 0.3) is 0 Å². The summed E-state index contributed by atoms with van der Waals surface area (Å²) in [6.45, 7) is 0. The number of rotatable bonds is 1. The predicted molar refractivity (Wildman–Crippen MR) is 57.4 cm³/mol. The highest BCUT2D eigenvalue weighted by Crippen LogP contribution is 2.26. The maximum absolute atomic E-state index is 13.5. The van der Waals surface area contributed by atoms with E-state index in [-0.39, 0.29) is 21.6 Å². The molecule has 82 valence electrons. The molecular formula is C10H4Cl2F2N2. The maximum Gasteiger partial charge on any atom is 0.223 e. The molecule has 0 saturated carbocycles. The zero-order valence-corrected chi connectivity index (χ0v) is 9.23. The molecule has 0 spiro atoms. The van der Waals surface area contributed by atoms with Crippen LogP contribution in [0.5, 0.6) is 0 Å². The standard InChI is InChI=1S/C10H4Cl2F2N2/c11-5-1-2-6(7(13)3-5)9-8(14)4-15-10(12)16-9/h1-4H. The van der Waals surface area contributed by atoms with E-state index in [2.05, 4.69) is 9.97 Å². The zero-order valence-electron chi connectivity index (χ0n) is 7.72. The molecule has 2 aromatic rings. The van der Waals surface area contributed by atoms with Gasteiger partial charge in [0.05, 0.1) is 6.20 Å². The molecule has 6 heteroatoms. The smallest absolute Gasteiger partial charge is 0.223 e. The lowest BCUT2D eigenvalue weighted by atomic mass is 10.1. The zero-order chi connectivity index (χ0) is 11.7. The summed E-state index contributed by atoms with van der Waals surface area (Å²) in [5.41, 5.74) is -0.194. The first-order valence-electron chi connectivity index (χ1n) is 4.21. The fourth-order valence-corrected chi connectivity index (χ4v) is 1.51. The molecule has 16 heavy (non-hydrogen) atoms. The van der Waals surface area contributed by atoms with Crippen molar-refractivity contribution in [3.63, 3.8) is 0 Å². The van der Waals surface area contributed by atoms with Gasteiger partial charge in [-0.2, -0.15) is 0 Å². The van der Waals surface area contributed by atoms with Gasteiger partial charge in [0.2, 0.25) is 5.28 Å². The Bertz CT molecular complexity index is 546. The van der Waals surface area contributed by atoms with Crippen molar-refractivity contribution in [1.82, 2.24) is 9.97 Å². The Hall–Kier alpha value is -1.26. The van der Waals surface area contributed by atoms with Crippen LogP contribution in [0.25, 0.3) is 11.3 Å². The van der Waals surface area contributed by atoms with Crippen molar-refractivity contribution in [3.8, 4) is 11.3 Å². The van der Waals surface area contributed by atoms with E-state index in [0.717, 1.165) is 12.3 Å². The SMILES string of the molecule is Fc1cc(Cl)ccc1-c1nc(Cl)ncc1F. The minimum absolute atomic E-state index is 0.00815. The quantitative estimate of drug-likeness (QED) is 0.731. The van der Waals surface area contributed by atoms with Gasteiger partial charge in [-0.05, 0) is 29.8 Å². The Morgan fingerprint density at radius 1 is 1.06 bits per heavy atom. The molecule has 0 saturated heterocycles. The molecule has 0 radical (unpaired) electrons. The number of aromatic nitrogens is 2. The Morgan fingerprint density at radius 2 is 1.81 bits per heavy atom. The van der Waals surface area contributed by atoms with Crippen LogP contribution in [0.4, 0.5) is 8.78 Å². The maximum atomic E-state index is 13.5. The van der Waals surface area contributed by atoms with Crippen molar-refractivity contribution in [2.24, 2.45) is 0 Å². The van der Waals surface area contributed by atoms with Gasteiger partial charge in [0.1, 0.15) is 11.5 Å². The van der Waals surface area contributed by atoms with Gasteiger partial charge in [-0.3, -0.25) is 0 Å². The summed E-state index contributed by atoms with van der Waals surface area (Å²) >= 11 is 11.1. The molecular weight excluding hydrogens is 257 g/mol. The largest absolute Gasteiger partial charge is 0.223 e. The third-order valence-corrected chi connectivity index (χ3v) is 2.32. The molecule has 2 rings (SSSR count). The van der Waals surface area contributed by atoms with E-state index in [9.17, 15) is 8.78 Å². The second kappa shape index (κ2) is 4.31. The summed E-state index contributed by atoms with van der Waals surface area (Å²) in [6.07, 6.45) is 0.888. The van der Waals surface area contributed by atoms with E-state index in [1.807, 2.05) is 0 Å². The fourth-order valence-electron chi connectivity index (χ4n) is 1.22. The average Bonchev–Trinajstić information content (AvgIpc) is 2.22. The summed E-state index contributed by atoms with van der Waals surface area (Å²) in [6, 6.07) is 3.85. The van der Waals surface area contributed by atoms with Crippen molar-refractivity contribution in [1.29, 1.82) is 0 Å². The Morgan fingerprint density at radius 3 is 2.50 bits per heavy atom. The van der Waals surface area contributed by atoms with E-state index in [0.29, 0.717) is 0 Å². The fraction of sp³-hybridized carbons (Fsp3) is 0. The second-order valence-electron chi connectivity index (χ2n) is 2.96. The first kappa shape index (κ1) is 11.2. The van der Waals surface area contributed by atoms with Crippen LogP contribution in [0.15, 0.2) is 24.4 Å². The molecule has 0 aliphatic carbocycles. The van der Waals surface area contributed by atoms with Crippen LogP contribution in [-0.4, -0.2) is 9.97 Å². The lowest BCUT2D eigenvalue weighted by molar-refractivity contribution is 0.606. The van der Waals surface area contributed by atoms with Crippen LogP contribution in [0.2, 0.25) is 10.3 Å². The molecule has 2 nitrogen and oxygen atoms in total.